The van der Waals surface area contributed by atoms with Crippen LogP contribution in [0.3, 0.4) is 0 Å². The number of rotatable bonds is 5. The molecule has 0 aliphatic carbocycles. The molecule has 0 N–H and O–H groups in total. The van der Waals surface area contributed by atoms with Crippen molar-refractivity contribution in [1.29, 1.82) is 5.26 Å². The lowest BCUT2D eigenvalue weighted by Crippen LogP contribution is -2.07. The van der Waals surface area contributed by atoms with Gasteiger partial charge in [-0.25, -0.2) is 4.99 Å². The molecule has 3 aromatic rings. The molecule has 0 radical (unpaired) electrons. The van der Waals surface area contributed by atoms with E-state index in [9.17, 15) is 5.26 Å². The highest BCUT2D eigenvalue weighted by atomic mass is 35.5. The number of hydrogen-bond donors (Lipinski definition) is 0. The summed E-state index contributed by atoms with van der Waals surface area (Å²) in [5.74, 6) is 0.418. The first kappa shape index (κ1) is 21.4. The maximum atomic E-state index is 9.67. The Labute approximate surface area is 187 Å². The van der Waals surface area contributed by atoms with Gasteiger partial charge >= 0.3 is 0 Å². The SMILES string of the molecule is Cc1cc(Oc2snc(-c3ccc(Cl)cc3Cl)c2C#N)c(Cl)cc1/N=C\N(C)C. The summed E-state index contributed by atoms with van der Waals surface area (Å²) in [4.78, 5) is 6.21. The quantitative estimate of drug-likeness (QED) is 0.302. The fourth-order valence-electron chi connectivity index (χ4n) is 2.45. The number of nitrogens with zero attached hydrogens (tertiary/aromatic N) is 4. The Morgan fingerprint density at radius 2 is 1.93 bits per heavy atom. The summed E-state index contributed by atoms with van der Waals surface area (Å²) in [5, 5.41) is 11.3. The zero-order valence-corrected chi connectivity index (χ0v) is 18.8. The number of aromatic nitrogens is 1. The topological polar surface area (TPSA) is 61.5 Å². The highest BCUT2D eigenvalue weighted by Gasteiger charge is 2.20. The van der Waals surface area contributed by atoms with Gasteiger partial charge in [-0.15, -0.1) is 0 Å². The summed E-state index contributed by atoms with van der Waals surface area (Å²) in [5.41, 5.74) is 2.94. The van der Waals surface area contributed by atoms with Gasteiger partial charge in [0.15, 0.2) is 0 Å². The lowest BCUT2D eigenvalue weighted by atomic mass is 10.1. The Bertz CT molecular complexity index is 1140. The summed E-state index contributed by atoms with van der Waals surface area (Å²) in [6.45, 7) is 1.91. The Morgan fingerprint density at radius 3 is 2.59 bits per heavy atom. The predicted octanol–water partition coefficient (Wildman–Crippen LogP) is 6.96. The molecular weight excluding hydrogens is 451 g/mol. The van der Waals surface area contributed by atoms with Crippen molar-refractivity contribution < 1.29 is 4.74 Å². The summed E-state index contributed by atoms with van der Waals surface area (Å²) >= 11 is 19.7. The van der Waals surface area contributed by atoms with Gasteiger partial charge < -0.3 is 9.64 Å². The van der Waals surface area contributed by atoms with Crippen LogP contribution >= 0.6 is 46.3 Å². The van der Waals surface area contributed by atoms with Crippen LogP contribution in [-0.4, -0.2) is 29.7 Å². The first-order valence-corrected chi connectivity index (χ1v) is 10.2. The van der Waals surface area contributed by atoms with Crippen molar-refractivity contribution in [2.24, 2.45) is 4.99 Å². The molecule has 1 heterocycles. The minimum absolute atomic E-state index is 0.280. The van der Waals surface area contributed by atoms with Gasteiger partial charge in [-0.2, -0.15) is 9.64 Å². The molecule has 29 heavy (non-hydrogen) atoms. The van der Waals surface area contributed by atoms with Crippen molar-refractivity contribution in [2.75, 3.05) is 14.1 Å². The van der Waals surface area contributed by atoms with Crippen molar-refractivity contribution in [3.05, 3.63) is 56.5 Å². The first-order valence-electron chi connectivity index (χ1n) is 8.34. The third-order valence-electron chi connectivity index (χ3n) is 3.84. The molecule has 0 aliphatic rings. The number of aryl methyl sites for hydroxylation is 1. The van der Waals surface area contributed by atoms with Crippen molar-refractivity contribution >= 4 is 58.4 Å². The average molecular weight is 466 g/mol. The summed E-state index contributed by atoms with van der Waals surface area (Å²) in [6, 6.07) is 10.7. The Balaban J connectivity index is 1.97. The molecule has 0 unspecified atom stereocenters. The van der Waals surface area contributed by atoms with E-state index in [1.807, 2.05) is 25.9 Å². The highest BCUT2D eigenvalue weighted by Crippen LogP contribution is 2.42. The number of hydrogen-bond acceptors (Lipinski definition) is 5. The van der Waals surface area contributed by atoms with E-state index in [2.05, 4.69) is 15.4 Å². The van der Waals surface area contributed by atoms with Crippen LogP contribution < -0.4 is 4.74 Å². The number of benzene rings is 2. The largest absolute Gasteiger partial charge is 0.442 e. The molecule has 3 rings (SSSR count). The molecule has 0 amide bonds. The van der Waals surface area contributed by atoms with Crippen molar-refractivity contribution in [3.63, 3.8) is 0 Å². The van der Waals surface area contributed by atoms with Crippen LogP contribution in [0.2, 0.25) is 15.1 Å². The normalized spacial score (nSPS) is 10.9. The maximum absolute atomic E-state index is 9.67. The smallest absolute Gasteiger partial charge is 0.218 e. The molecule has 0 spiro atoms. The van der Waals surface area contributed by atoms with Crippen LogP contribution in [0.5, 0.6) is 10.8 Å². The van der Waals surface area contributed by atoms with Crippen LogP contribution in [0.25, 0.3) is 11.3 Å². The molecule has 0 bridgehead atoms. The number of halogens is 3. The predicted molar refractivity (Wildman–Crippen MR) is 120 cm³/mol. The molecular formula is C20H15Cl3N4OS. The van der Waals surface area contributed by atoms with Crippen molar-refractivity contribution in [1.82, 2.24) is 9.27 Å². The highest BCUT2D eigenvalue weighted by molar-refractivity contribution is 7.08. The molecule has 148 valence electrons. The fraction of sp³-hybridized carbons (Fsp3) is 0.150. The zero-order chi connectivity index (χ0) is 21.1. The third-order valence-corrected chi connectivity index (χ3v) is 5.41. The van der Waals surface area contributed by atoms with E-state index in [-0.39, 0.29) is 5.56 Å². The number of aliphatic imine (C=N–C) groups is 1. The Hall–Kier alpha value is -2.30. The van der Waals surface area contributed by atoms with Gasteiger partial charge in [0.1, 0.15) is 23.1 Å². The number of ether oxygens (including phenoxy) is 1. The van der Waals surface area contributed by atoms with Crippen LogP contribution in [-0.2, 0) is 0 Å². The molecule has 0 saturated carbocycles. The van der Waals surface area contributed by atoms with Gasteiger partial charge in [0.25, 0.3) is 0 Å². The van der Waals surface area contributed by atoms with E-state index in [1.54, 1.807) is 36.7 Å². The molecule has 2 aromatic carbocycles. The van der Waals surface area contributed by atoms with Gasteiger partial charge in [-0.1, -0.05) is 34.8 Å². The van der Waals surface area contributed by atoms with Gasteiger partial charge in [0.2, 0.25) is 5.06 Å². The molecule has 1 aromatic heterocycles. The van der Waals surface area contributed by atoms with Gasteiger partial charge in [0, 0.05) is 36.2 Å². The Morgan fingerprint density at radius 1 is 1.17 bits per heavy atom. The fourth-order valence-corrected chi connectivity index (χ4v) is 3.87. The second-order valence-electron chi connectivity index (χ2n) is 6.31. The van der Waals surface area contributed by atoms with E-state index in [0.717, 1.165) is 22.8 Å². The monoisotopic (exact) mass is 464 g/mol. The van der Waals surface area contributed by atoms with E-state index in [4.69, 9.17) is 39.5 Å². The lowest BCUT2D eigenvalue weighted by molar-refractivity contribution is 0.495. The standard InChI is InChI=1S/C20H15Cl3N4OS/c1-11-6-18(16(23)8-17(11)25-10-27(2)3)28-20-14(9-24)19(26-29-20)13-5-4-12(21)7-15(13)22/h4-8,10H,1-3H3/b25-10-. The maximum Gasteiger partial charge on any atom is 0.218 e. The van der Waals surface area contributed by atoms with E-state index < -0.39 is 0 Å². The van der Waals surface area contributed by atoms with Gasteiger partial charge in [-0.3, -0.25) is 0 Å². The van der Waals surface area contributed by atoms with E-state index in [0.29, 0.717) is 37.1 Å². The molecule has 0 fully saturated rings. The Kier molecular flexibility index (Phi) is 6.66. The number of nitriles is 1. The third kappa shape index (κ3) is 4.82. The minimum Gasteiger partial charge on any atom is -0.442 e. The van der Waals surface area contributed by atoms with Crippen LogP contribution in [0, 0.1) is 18.3 Å². The molecule has 0 saturated heterocycles. The summed E-state index contributed by atoms with van der Waals surface area (Å²) in [6.07, 6.45) is 1.69. The lowest BCUT2D eigenvalue weighted by Gasteiger charge is -2.10. The van der Waals surface area contributed by atoms with Crippen molar-refractivity contribution in [3.8, 4) is 28.1 Å². The summed E-state index contributed by atoms with van der Waals surface area (Å²) < 4.78 is 10.3. The van der Waals surface area contributed by atoms with Crippen molar-refractivity contribution in [2.45, 2.75) is 6.92 Å². The molecule has 9 heteroatoms. The van der Waals surface area contributed by atoms with E-state index in [1.165, 1.54) is 0 Å². The molecule has 0 aliphatic heterocycles. The molecule has 0 atom stereocenters. The van der Waals surface area contributed by atoms with Crippen LogP contribution in [0.15, 0.2) is 35.3 Å². The van der Waals surface area contributed by atoms with E-state index >= 15 is 0 Å². The summed E-state index contributed by atoms with van der Waals surface area (Å²) in [7, 11) is 3.77. The first-order chi connectivity index (χ1) is 13.8. The van der Waals surface area contributed by atoms with Crippen LogP contribution in [0.1, 0.15) is 11.1 Å². The zero-order valence-electron chi connectivity index (χ0n) is 15.7. The van der Waals surface area contributed by atoms with Crippen LogP contribution in [0.4, 0.5) is 5.69 Å². The second-order valence-corrected chi connectivity index (χ2v) is 8.30. The average Bonchev–Trinajstić information content (AvgIpc) is 3.05. The second kappa shape index (κ2) is 9.02. The van der Waals surface area contributed by atoms with Gasteiger partial charge in [-0.05, 0) is 42.8 Å². The molecule has 5 nitrogen and oxygen atoms in total. The minimum atomic E-state index is 0.280. The van der Waals surface area contributed by atoms with Gasteiger partial charge in [0.05, 0.1) is 22.1 Å².